The quantitative estimate of drug-likeness (QED) is 0.704. The van der Waals surface area contributed by atoms with Gasteiger partial charge in [-0.15, -0.1) is 0 Å². The van der Waals surface area contributed by atoms with Crippen molar-refractivity contribution in [3.05, 3.63) is 80.3 Å². The lowest BCUT2D eigenvalue weighted by atomic mass is 10.0. The van der Waals surface area contributed by atoms with Crippen LogP contribution in [0.3, 0.4) is 0 Å². The monoisotopic (exact) mass is 383 g/mol. The third-order valence-electron chi connectivity index (χ3n) is 4.14. The fourth-order valence-electron chi connectivity index (χ4n) is 2.74. The fourth-order valence-corrected chi connectivity index (χ4v) is 2.86. The molecule has 0 aliphatic rings. The Balaban J connectivity index is 1.88. The molecule has 7 heteroatoms. The van der Waals surface area contributed by atoms with E-state index >= 15 is 0 Å². The van der Waals surface area contributed by atoms with Gasteiger partial charge in [-0.05, 0) is 41.8 Å². The zero-order valence-electron chi connectivity index (χ0n) is 14.2. The minimum Gasteiger partial charge on any atom is -0.358 e. The topological polar surface area (TPSA) is 85.8 Å². The highest BCUT2D eigenvalue weighted by Crippen LogP contribution is 2.17. The molecule has 1 amide bonds. The first-order chi connectivity index (χ1) is 13.0. The van der Waals surface area contributed by atoms with Crippen LogP contribution in [-0.2, 0) is 13.0 Å². The second-order valence-corrected chi connectivity index (χ2v) is 6.44. The third-order valence-corrected chi connectivity index (χ3v) is 4.39. The molecule has 27 heavy (non-hydrogen) atoms. The smallest absolute Gasteiger partial charge is 0.257 e. The molecule has 0 radical (unpaired) electrons. The molecule has 0 fully saturated rings. The van der Waals surface area contributed by atoms with E-state index in [1.807, 2.05) is 6.07 Å². The molecular formula is C20H15ClFN3O2. The molecule has 0 saturated heterocycles. The van der Waals surface area contributed by atoms with E-state index in [1.54, 1.807) is 24.3 Å². The van der Waals surface area contributed by atoms with Crippen molar-refractivity contribution in [2.75, 3.05) is 0 Å². The molecule has 0 aliphatic heterocycles. The molecule has 5 nitrogen and oxygen atoms in total. The van der Waals surface area contributed by atoms with Gasteiger partial charge in [0.2, 0.25) is 5.43 Å². The van der Waals surface area contributed by atoms with Crippen LogP contribution in [0.4, 0.5) is 4.39 Å². The van der Waals surface area contributed by atoms with Crippen molar-refractivity contribution < 1.29 is 9.18 Å². The standard InChI is InChI=1S/C20H15ClFN3O2/c21-14-5-3-12(4-6-14)10-25-20(27)16-11-24-18-15(19(16)26)8-13(2-1-7-23)9-17(18)22/h3-6,8-9,11H,1-2,10H2,(H,24,26)(H,25,27). The number of rotatable bonds is 5. The first kappa shape index (κ1) is 18.6. The summed E-state index contributed by atoms with van der Waals surface area (Å²) in [5, 5.41) is 12.0. The molecule has 3 rings (SSSR count). The summed E-state index contributed by atoms with van der Waals surface area (Å²) >= 11 is 5.82. The largest absolute Gasteiger partial charge is 0.358 e. The Morgan fingerprint density at radius 3 is 2.67 bits per heavy atom. The maximum atomic E-state index is 14.2. The number of aryl methyl sites for hydroxylation is 1. The maximum absolute atomic E-state index is 14.2. The normalized spacial score (nSPS) is 10.6. The molecule has 1 aromatic heterocycles. The highest BCUT2D eigenvalue weighted by Gasteiger charge is 2.15. The van der Waals surface area contributed by atoms with Gasteiger partial charge in [0.05, 0.1) is 11.6 Å². The summed E-state index contributed by atoms with van der Waals surface area (Å²) in [7, 11) is 0. The Labute approximate surface area is 159 Å². The number of carbonyl (C=O) groups is 1. The van der Waals surface area contributed by atoms with Crippen LogP contribution in [0.25, 0.3) is 10.9 Å². The second-order valence-electron chi connectivity index (χ2n) is 6.00. The molecule has 0 aliphatic carbocycles. The molecule has 0 spiro atoms. The number of H-pyrrole nitrogens is 1. The minimum absolute atomic E-state index is 0.0370. The van der Waals surface area contributed by atoms with Crippen LogP contribution < -0.4 is 10.7 Å². The number of hydrogen-bond acceptors (Lipinski definition) is 3. The average molecular weight is 384 g/mol. The summed E-state index contributed by atoms with van der Waals surface area (Å²) in [6.07, 6.45) is 1.75. The molecule has 3 aromatic rings. The van der Waals surface area contributed by atoms with Crippen molar-refractivity contribution >= 4 is 28.4 Å². The van der Waals surface area contributed by atoms with Crippen LogP contribution in [0.15, 0.2) is 47.4 Å². The van der Waals surface area contributed by atoms with Crippen LogP contribution in [0.2, 0.25) is 5.02 Å². The summed E-state index contributed by atoms with van der Waals surface area (Å²) in [4.78, 5) is 27.8. The molecule has 0 unspecified atom stereocenters. The van der Waals surface area contributed by atoms with Crippen LogP contribution in [0.5, 0.6) is 0 Å². The number of amides is 1. The number of aromatic amines is 1. The van der Waals surface area contributed by atoms with E-state index in [4.69, 9.17) is 16.9 Å². The first-order valence-corrected chi connectivity index (χ1v) is 8.61. The number of carbonyl (C=O) groups excluding carboxylic acids is 1. The van der Waals surface area contributed by atoms with Gasteiger partial charge in [0, 0.05) is 29.6 Å². The number of benzene rings is 2. The molecule has 0 atom stereocenters. The number of pyridine rings is 1. The van der Waals surface area contributed by atoms with Gasteiger partial charge in [-0.25, -0.2) is 4.39 Å². The summed E-state index contributed by atoms with van der Waals surface area (Å²) in [5.74, 6) is -1.15. The number of nitriles is 1. The van der Waals surface area contributed by atoms with Gasteiger partial charge in [0.1, 0.15) is 11.4 Å². The predicted octanol–water partition coefficient (Wildman–Crippen LogP) is 3.71. The number of halogens is 2. The number of hydrogen-bond donors (Lipinski definition) is 2. The zero-order valence-corrected chi connectivity index (χ0v) is 14.9. The lowest BCUT2D eigenvalue weighted by Gasteiger charge is -2.08. The molecule has 0 saturated carbocycles. The Kier molecular flexibility index (Phi) is 5.53. The Hall–Kier alpha value is -3.17. The van der Waals surface area contributed by atoms with E-state index in [0.717, 1.165) is 5.56 Å². The summed E-state index contributed by atoms with van der Waals surface area (Å²) in [6, 6.07) is 11.7. The highest BCUT2D eigenvalue weighted by atomic mass is 35.5. The molecule has 2 aromatic carbocycles. The van der Waals surface area contributed by atoms with Crippen LogP contribution in [-0.4, -0.2) is 10.9 Å². The van der Waals surface area contributed by atoms with E-state index in [2.05, 4.69) is 10.3 Å². The first-order valence-electron chi connectivity index (χ1n) is 8.23. The summed E-state index contributed by atoms with van der Waals surface area (Å²) < 4.78 is 14.2. The highest BCUT2D eigenvalue weighted by molar-refractivity contribution is 6.30. The van der Waals surface area contributed by atoms with Crippen molar-refractivity contribution in [3.63, 3.8) is 0 Å². The Bertz CT molecular complexity index is 1100. The van der Waals surface area contributed by atoms with Crippen molar-refractivity contribution in [3.8, 4) is 6.07 Å². The van der Waals surface area contributed by atoms with E-state index < -0.39 is 17.2 Å². The third kappa shape index (κ3) is 4.15. The van der Waals surface area contributed by atoms with Gasteiger partial charge >= 0.3 is 0 Å². The lowest BCUT2D eigenvalue weighted by molar-refractivity contribution is 0.0949. The van der Waals surface area contributed by atoms with Gasteiger partial charge < -0.3 is 10.3 Å². The number of nitrogens with zero attached hydrogens (tertiary/aromatic N) is 1. The summed E-state index contributed by atoms with van der Waals surface area (Å²) in [6.45, 7) is 0.226. The van der Waals surface area contributed by atoms with Crippen molar-refractivity contribution in [1.29, 1.82) is 5.26 Å². The van der Waals surface area contributed by atoms with E-state index in [0.29, 0.717) is 17.0 Å². The van der Waals surface area contributed by atoms with E-state index in [1.165, 1.54) is 18.3 Å². The van der Waals surface area contributed by atoms with Crippen molar-refractivity contribution in [1.82, 2.24) is 10.3 Å². The van der Waals surface area contributed by atoms with Crippen molar-refractivity contribution in [2.45, 2.75) is 19.4 Å². The van der Waals surface area contributed by atoms with Gasteiger partial charge in [0.15, 0.2) is 0 Å². The maximum Gasteiger partial charge on any atom is 0.257 e. The van der Waals surface area contributed by atoms with Gasteiger partial charge in [-0.2, -0.15) is 5.26 Å². The van der Waals surface area contributed by atoms with Gasteiger partial charge in [-0.3, -0.25) is 9.59 Å². The SMILES string of the molecule is N#CCCc1cc(F)c2[nH]cc(C(=O)NCc3ccc(Cl)cc3)c(=O)c2c1. The van der Waals surface area contributed by atoms with Crippen LogP contribution in [0.1, 0.15) is 27.9 Å². The molecule has 2 N–H and O–H groups in total. The fraction of sp³-hybridized carbons (Fsp3) is 0.150. The van der Waals surface area contributed by atoms with Gasteiger partial charge in [0.25, 0.3) is 5.91 Å². The average Bonchev–Trinajstić information content (AvgIpc) is 2.66. The predicted molar refractivity (Wildman–Crippen MR) is 101 cm³/mol. The van der Waals surface area contributed by atoms with E-state index in [9.17, 15) is 14.0 Å². The second kappa shape index (κ2) is 8.02. The van der Waals surface area contributed by atoms with Gasteiger partial charge in [-0.1, -0.05) is 23.7 Å². The number of aromatic nitrogens is 1. The molecule has 0 bridgehead atoms. The molecular weight excluding hydrogens is 369 g/mol. The van der Waals surface area contributed by atoms with Crippen LogP contribution in [0, 0.1) is 17.1 Å². The molecule has 1 heterocycles. The zero-order chi connectivity index (χ0) is 19.4. The molecule has 136 valence electrons. The Morgan fingerprint density at radius 2 is 1.96 bits per heavy atom. The Morgan fingerprint density at radius 1 is 1.22 bits per heavy atom. The number of nitrogens with one attached hydrogen (secondary N) is 2. The lowest BCUT2D eigenvalue weighted by Crippen LogP contribution is -2.28. The number of fused-ring (bicyclic) bond motifs is 1. The van der Waals surface area contributed by atoms with Crippen molar-refractivity contribution in [2.24, 2.45) is 0 Å². The minimum atomic E-state index is -0.592. The van der Waals surface area contributed by atoms with E-state index in [-0.39, 0.29) is 29.4 Å². The summed E-state index contributed by atoms with van der Waals surface area (Å²) in [5.41, 5.74) is 0.735. The van der Waals surface area contributed by atoms with Crippen LogP contribution >= 0.6 is 11.6 Å².